The van der Waals surface area contributed by atoms with Gasteiger partial charge in [0, 0.05) is 30.6 Å². The van der Waals surface area contributed by atoms with E-state index < -0.39 is 0 Å². The fourth-order valence-electron chi connectivity index (χ4n) is 3.01. The Balaban J connectivity index is 1.29. The van der Waals surface area contributed by atoms with E-state index >= 15 is 0 Å². The first-order valence-corrected chi connectivity index (χ1v) is 10.8. The van der Waals surface area contributed by atoms with Crippen molar-refractivity contribution in [3.05, 3.63) is 101 Å². The van der Waals surface area contributed by atoms with E-state index in [1.54, 1.807) is 36.4 Å². The number of hydrogen-bond donors (Lipinski definition) is 4. The molecule has 8 nitrogen and oxygen atoms in total. The van der Waals surface area contributed by atoms with Gasteiger partial charge in [0.05, 0.1) is 24.8 Å². The molecule has 0 aromatic heterocycles. The fourth-order valence-corrected chi connectivity index (χ4v) is 3.01. The summed E-state index contributed by atoms with van der Waals surface area (Å²) in [4.78, 5) is 17.7. The van der Waals surface area contributed by atoms with Crippen molar-refractivity contribution >= 4 is 11.7 Å². The summed E-state index contributed by atoms with van der Waals surface area (Å²) >= 11 is 0. The molecule has 1 amide bonds. The lowest BCUT2D eigenvalue weighted by atomic mass is 10.1. The van der Waals surface area contributed by atoms with E-state index in [4.69, 9.17) is 26.0 Å². The number of nitrogen functional groups attached to an aromatic ring is 1. The molecule has 3 aromatic carbocycles. The van der Waals surface area contributed by atoms with Crippen molar-refractivity contribution in [3.8, 4) is 11.8 Å². The maximum Gasteiger partial charge on any atom is 0.251 e. The molecule has 0 spiro atoms. The predicted molar refractivity (Wildman–Crippen MR) is 129 cm³/mol. The third-order valence-corrected chi connectivity index (χ3v) is 4.96. The fraction of sp³-hybridized carbons (Fsp3) is 0.192. The Labute approximate surface area is 198 Å². The summed E-state index contributed by atoms with van der Waals surface area (Å²) in [7, 11) is 0. The largest absolute Gasteiger partial charge is 0.494 e. The molecule has 0 atom stereocenters. The van der Waals surface area contributed by atoms with Crippen LogP contribution in [0.15, 0.2) is 72.8 Å². The van der Waals surface area contributed by atoms with Crippen molar-refractivity contribution < 1.29 is 14.4 Å². The molecular weight excluding hydrogens is 430 g/mol. The average molecular weight is 458 g/mol. The van der Waals surface area contributed by atoms with Gasteiger partial charge in [0.1, 0.15) is 11.6 Å². The predicted octanol–water partition coefficient (Wildman–Crippen LogP) is 3.26. The summed E-state index contributed by atoms with van der Waals surface area (Å²) in [5, 5.41) is 19.1. The third-order valence-electron chi connectivity index (χ3n) is 4.96. The highest BCUT2D eigenvalue weighted by molar-refractivity contribution is 5.98. The van der Waals surface area contributed by atoms with Crippen molar-refractivity contribution in [2.45, 2.75) is 19.5 Å². The SMILES string of the molecule is N#Cc1ccc(CNOCCCOc2ccc(CNC(=O)c3ccc(C(=N)N)cc3)cc2)cc1. The summed E-state index contributed by atoms with van der Waals surface area (Å²) in [5.41, 5.74) is 12.1. The molecule has 174 valence electrons. The highest BCUT2D eigenvalue weighted by Crippen LogP contribution is 2.13. The van der Waals surface area contributed by atoms with Crippen LogP contribution < -0.4 is 21.3 Å². The molecule has 34 heavy (non-hydrogen) atoms. The molecule has 0 aliphatic heterocycles. The number of nitrogens with two attached hydrogens (primary N) is 1. The number of nitrogens with one attached hydrogen (secondary N) is 3. The molecule has 3 aromatic rings. The van der Waals surface area contributed by atoms with Crippen molar-refractivity contribution in [2.75, 3.05) is 13.2 Å². The maximum absolute atomic E-state index is 12.3. The normalized spacial score (nSPS) is 10.3. The van der Waals surface area contributed by atoms with Crippen LogP contribution in [0.2, 0.25) is 0 Å². The Kier molecular flexibility index (Phi) is 9.17. The van der Waals surface area contributed by atoms with Gasteiger partial charge in [-0.15, -0.1) is 0 Å². The lowest BCUT2D eigenvalue weighted by Gasteiger charge is -2.09. The Morgan fingerprint density at radius 3 is 2.15 bits per heavy atom. The van der Waals surface area contributed by atoms with E-state index in [2.05, 4.69) is 16.9 Å². The maximum atomic E-state index is 12.3. The zero-order valence-corrected chi connectivity index (χ0v) is 18.7. The van der Waals surface area contributed by atoms with Gasteiger partial charge in [0.2, 0.25) is 0 Å². The number of nitriles is 1. The van der Waals surface area contributed by atoms with Crippen LogP contribution >= 0.6 is 0 Å². The number of amides is 1. The number of nitrogens with zero attached hydrogens (tertiary/aromatic N) is 1. The molecule has 0 unspecified atom stereocenters. The minimum Gasteiger partial charge on any atom is -0.494 e. The molecule has 8 heteroatoms. The van der Waals surface area contributed by atoms with Gasteiger partial charge in [-0.1, -0.05) is 36.4 Å². The number of rotatable bonds is 12. The molecule has 0 aliphatic carbocycles. The molecule has 5 N–H and O–H groups in total. The topological polar surface area (TPSA) is 133 Å². The first kappa shape index (κ1) is 24.5. The second-order valence-corrected chi connectivity index (χ2v) is 7.50. The molecule has 3 rings (SSSR count). The highest BCUT2D eigenvalue weighted by atomic mass is 16.6. The Morgan fingerprint density at radius 2 is 1.50 bits per heavy atom. The van der Waals surface area contributed by atoms with Crippen molar-refractivity contribution in [2.24, 2.45) is 5.73 Å². The van der Waals surface area contributed by atoms with Gasteiger partial charge in [-0.2, -0.15) is 10.7 Å². The minimum absolute atomic E-state index is 0.0295. The van der Waals surface area contributed by atoms with Gasteiger partial charge >= 0.3 is 0 Å². The first-order valence-electron chi connectivity index (χ1n) is 10.8. The summed E-state index contributed by atoms with van der Waals surface area (Å²) < 4.78 is 5.72. The molecule has 0 radical (unpaired) electrons. The van der Waals surface area contributed by atoms with E-state index in [9.17, 15) is 4.79 Å². The summed E-state index contributed by atoms with van der Waals surface area (Å²) in [6.07, 6.45) is 0.723. The Hall–Kier alpha value is -4.19. The number of hydroxylamine groups is 1. The van der Waals surface area contributed by atoms with Crippen LogP contribution in [0.1, 0.15) is 39.0 Å². The number of hydrogen-bond acceptors (Lipinski definition) is 6. The second kappa shape index (κ2) is 12.7. The van der Waals surface area contributed by atoms with Crippen LogP contribution in [0.3, 0.4) is 0 Å². The molecule has 0 heterocycles. The minimum atomic E-state index is -0.191. The van der Waals surface area contributed by atoms with Crippen LogP contribution in [0, 0.1) is 16.7 Å². The van der Waals surface area contributed by atoms with Crippen LogP contribution in [0.5, 0.6) is 5.75 Å². The average Bonchev–Trinajstić information content (AvgIpc) is 2.87. The molecular formula is C26H27N5O3. The van der Waals surface area contributed by atoms with Crippen molar-refractivity contribution in [1.82, 2.24) is 10.8 Å². The van der Waals surface area contributed by atoms with Gasteiger partial charge < -0.3 is 20.6 Å². The zero-order chi connectivity index (χ0) is 24.2. The quantitative estimate of drug-likeness (QED) is 0.143. The number of amidine groups is 1. The van der Waals surface area contributed by atoms with Crippen LogP contribution in [-0.2, 0) is 17.9 Å². The van der Waals surface area contributed by atoms with Gasteiger partial charge in [0.15, 0.2) is 0 Å². The van der Waals surface area contributed by atoms with E-state index in [1.807, 2.05) is 36.4 Å². The van der Waals surface area contributed by atoms with Gasteiger partial charge in [-0.3, -0.25) is 10.2 Å². The third kappa shape index (κ3) is 7.74. The second-order valence-electron chi connectivity index (χ2n) is 7.50. The molecule has 0 fully saturated rings. The van der Waals surface area contributed by atoms with E-state index in [0.29, 0.717) is 43.0 Å². The van der Waals surface area contributed by atoms with E-state index in [1.165, 1.54) is 0 Å². The number of carbonyl (C=O) groups is 1. The van der Waals surface area contributed by atoms with E-state index in [-0.39, 0.29) is 11.7 Å². The number of benzene rings is 3. The smallest absolute Gasteiger partial charge is 0.251 e. The molecule has 0 saturated carbocycles. The van der Waals surface area contributed by atoms with E-state index in [0.717, 1.165) is 23.3 Å². The van der Waals surface area contributed by atoms with Crippen LogP contribution in [-0.4, -0.2) is 25.0 Å². The standard InChI is InChI=1S/C26H27N5O3/c27-16-19-2-4-21(5-3-19)18-31-34-15-1-14-33-24-12-6-20(7-13-24)17-30-26(32)23-10-8-22(9-11-23)25(28)29/h2-13,31H,1,14-15,17-18H2,(H3,28,29)(H,30,32). The molecule has 0 aliphatic rings. The van der Waals surface area contributed by atoms with Crippen molar-refractivity contribution in [3.63, 3.8) is 0 Å². The van der Waals surface area contributed by atoms with Crippen LogP contribution in [0.25, 0.3) is 0 Å². The summed E-state index contributed by atoms with van der Waals surface area (Å²) in [6, 6.07) is 23.6. The monoisotopic (exact) mass is 457 g/mol. The molecule has 0 saturated heterocycles. The first-order chi connectivity index (χ1) is 16.5. The lowest BCUT2D eigenvalue weighted by molar-refractivity contribution is 0.0296. The van der Waals surface area contributed by atoms with Crippen molar-refractivity contribution in [1.29, 1.82) is 10.7 Å². The van der Waals surface area contributed by atoms with Crippen LogP contribution in [0.4, 0.5) is 0 Å². The highest BCUT2D eigenvalue weighted by Gasteiger charge is 2.06. The Bertz CT molecular complexity index is 1120. The zero-order valence-electron chi connectivity index (χ0n) is 18.7. The number of ether oxygens (including phenoxy) is 1. The van der Waals surface area contributed by atoms with Gasteiger partial charge in [-0.25, -0.2) is 0 Å². The Morgan fingerprint density at radius 1 is 0.882 bits per heavy atom. The van der Waals surface area contributed by atoms with Gasteiger partial charge in [-0.05, 0) is 47.5 Å². The van der Waals surface area contributed by atoms with Gasteiger partial charge in [0.25, 0.3) is 5.91 Å². The lowest BCUT2D eigenvalue weighted by Crippen LogP contribution is -2.23. The molecule has 0 bridgehead atoms. The number of carbonyl (C=O) groups excluding carboxylic acids is 1. The summed E-state index contributed by atoms with van der Waals surface area (Å²) in [5.74, 6) is 0.529. The summed E-state index contributed by atoms with van der Waals surface area (Å²) in [6.45, 7) is 1.99.